The van der Waals surface area contributed by atoms with Crippen LogP contribution < -0.4 is 26.2 Å². The van der Waals surface area contributed by atoms with E-state index in [1.807, 2.05) is 0 Å². The summed E-state index contributed by atoms with van der Waals surface area (Å²) in [5.74, 6) is -4.48. The number of piperazine rings is 1. The van der Waals surface area contributed by atoms with Crippen LogP contribution in [-0.2, 0) is 27.3 Å². The maximum atomic E-state index is 14.4. The van der Waals surface area contributed by atoms with Gasteiger partial charge in [-0.15, -0.1) is 0 Å². The number of ether oxygens (including phenoxy) is 1. The van der Waals surface area contributed by atoms with Gasteiger partial charge in [0.2, 0.25) is 11.9 Å². The zero-order chi connectivity index (χ0) is 43.1. The number of halogens is 3. The number of anilines is 1. The fourth-order valence-electron chi connectivity index (χ4n) is 6.08. The van der Waals surface area contributed by atoms with Gasteiger partial charge in [-0.05, 0) is 63.5 Å². The summed E-state index contributed by atoms with van der Waals surface area (Å²) in [5.41, 5.74) is 5.74. The molecule has 1 unspecified atom stereocenters. The molecule has 2 aliphatic rings. The standard InChI is InChI=1S/C40H50ClF2N9O6/c1-9-29-33(50-17-19-51(20-18-50)37(57)32(45-10-2)34(55)24(3)4)36(56)48-38(47-35(44)25-11-13-26(14-12-25)58-23-31(54)49(7)8)52(29)22-30(53)46-28-15-16-39(5,21-27(28)41)40(6,42)43/h10-15,21,55H,2,9,16-20,22-23H2,1,3-8H3,(H,46,53)(H2,44,47,48,56). The quantitative estimate of drug-likeness (QED) is 0.139. The summed E-state index contributed by atoms with van der Waals surface area (Å²) in [6, 6.07) is 6.42. The summed E-state index contributed by atoms with van der Waals surface area (Å²) in [5, 5.41) is 13.2. The van der Waals surface area contributed by atoms with E-state index < -0.39 is 35.3 Å². The number of aliphatic imine (C=N–C) groups is 2. The molecule has 1 aliphatic heterocycles. The lowest BCUT2D eigenvalue weighted by atomic mass is 9.78. The molecule has 2 heterocycles. The predicted molar refractivity (Wildman–Crippen MR) is 220 cm³/mol. The van der Waals surface area contributed by atoms with E-state index in [1.165, 1.54) is 39.6 Å². The number of hydrogen-bond donors (Lipinski definition) is 3. The van der Waals surface area contributed by atoms with Crippen LogP contribution in [0.3, 0.4) is 0 Å². The Labute approximate surface area is 340 Å². The highest BCUT2D eigenvalue weighted by atomic mass is 35.5. The molecule has 0 radical (unpaired) electrons. The number of rotatable bonds is 14. The molecule has 1 aromatic carbocycles. The molecule has 1 aliphatic carbocycles. The fourth-order valence-corrected chi connectivity index (χ4v) is 6.44. The van der Waals surface area contributed by atoms with E-state index in [0.29, 0.717) is 22.6 Å². The van der Waals surface area contributed by atoms with Gasteiger partial charge >= 0.3 is 0 Å². The van der Waals surface area contributed by atoms with Crippen molar-refractivity contribution in [3.8, 4) is 5.75 Å². The van der Waals surface area contributed by atoms with Gasteiger partial charge in [-0.25, -0.2) is 13.8 Å². The largest absolute Gasteiger partial charge is 0.506 e. The van der Waals surface area contributed by atoms with Crippen LogP contribution in [0.15, 0.2) is 86.0 Å². The van der Waals surface area contributed by atoms with Gasteiger partial charge in [-0.3, -0.25) is 19.2 Å². The Morgan fingerprint density at radius 1 is 1.17 bits per heavy atom. The minimum absolute atomic E-state index is 0.0451. The number of allylic oxidation sites excluding steroid dienone is 4. The van der Waals surface area contributed by atoms with Gasteiger partial charge in [0.25, 0.3) is 23.3 Å². The molecule has 18 heteroatoms. The van der Waals surface area contributed by atoms with Gasteiger partial charge in [-0.1, -0.05) is 37.3 Å². The van der Waals surface area contributed by atoms with E-state index in [9.17, 15) is 33.1 Å². The molecule has 2 aromatic rings. The minimum Gasteiger partial charge on any atom is -0.506 e. The lowest BCUT2D eigenvalue weighted by molar-refractivity contribution is -0.130. The number of carbonyl (C=O) groups excluding carboxylic acids is 3. The van der Waals surface area contributed by atoms with E-state index in [2.05, 4.69) is 26.9 Å². The van der Waals surface area contributed by atoms with Gasteiger partial charge in [-0.2, -0.15) is 9.98 Å². The topological polar surface area (TPSA) is 188 Å². The number of aliphatic hydroxyl groups is 1. The zero-order valence-electron chi connectivity index (χ0n) is 33.7. The van der Waals surface area contributed by atoms with Crippen LogP contribution in [0.1, 0.15) is 52.3 Å². The maximum Gasteiger partial charge on any atom is 0.298 e. The number of aromatic nitrogens is 2. The van der Waals surface area contributed by atoms with Crippen LogP contribution in [0.5, 0.6) is 5.75 Å². The number of likely N-dealkylation sites (N-methyl/N-ethyl adjacent to an activating group) is 1. The number of nitrogens with one attached hydrogen (secondary N) is 1. The van der Waals surface area contributed by atoms with Crippen molar-refractivity contribution in [2.75, 3.05) is 51.8 Å². The molecular weight excluding hydrogens is 776 g/mol. The van der Waals surface area contributed by atoms with E-state index >= 15 is 0 Å². The van der Waals surface area contributed by atoms with Crippen molar-refractivity contribution in [2.45, 2.75) is 59.9 Å². The molecule has 15 nitrogen and oxygen atoms in total. The first-order chi connectivity index (χ1) is 27.2. The number of nitrogens with zero attached hydrogens (tertiary/aromatic N) is 7. The van der Waals surface area contributed by atoms with Crippen molar-refractivity contribution in [1.29, 1.82) is 0 Å². The number of benzene rings is 1. The highest BCUT2D eigenvalue weighted by Gasteiger charge is 2.45. The Hall–Kier alpha value is -5.84. The molecule has 3 amide bonds. The second-order valence-electron chi connectivity index (χ2n) is 14.5. The molecule has 1 atom stereocenters. The number of nitrogens with two attached hydrogens (primary N) is 1. The van der Waals surface area contributed by atoms with E-state index in [4.69, 9.17) is 22.1 Å². The number of aliphatic hydroxyl groups excluding tert-OH is 1. The first-order valence-corrected chi connectivity index (χ1v) is 18.9. The van der Waals surface area contributed by atoms with Crippen molar-refractivity contribution in [1.82, 2.24) is 24.7 Å². The van der Waals surface area contributed by atoms with Crippen LogP contribution in [0.25, 0.3) is 0 Å². The average Bonchev–Trinajstić information content (AvgIpc) is 3.17. The number of amides is 3. The van der Waals surface area contributed by atoms with E-state index in [0.717, 1.165) is 6.92 Å². The second-order valence-corrected chi connectivity index (χ2v) is 14.9. The van der Waals surface area contributed by atoms with Crippen molar-refractivity contribution in [2.24, 2.45) is 21.1 Å². The first-order valence-electron chi connectivity index (χ1n) is 18.5. The molecule has 0 bridgehead atoms. The van der Waals surface area contributed by atoms with Crippen molar-refractivity contribution in [3.05, 3.63) is 92.9 Å². The average molecular weight is 826 g/mol. The minimum atomic E-state index is -3.08. The molecule has 1 saturated heterocycles. The molecule has 0 spiro atoms. The van der Waals surface area contributed by atoms with E-state index in [1.54, 1.807) is 64.0 Å². The summed E-state index contributed by atoms with van der Waals surface area (Å²) in [6.07, 6.45) is 3.99. The molecule has 58 heavy (non-hydrogen) atoms. The number of alkyl halides is 2. The Kier molecular flexibility index (Phi) is 14.4. The van der Waals surface area contributed by atoms with Gasteiger partial charge in [0.15, 0.2) is 12.3 Å². The third-order valence-electron chi connectivity index (χ3n) is 9.83. The summed E-state index contributed by atoms with van der Waals surface area (Å²) < 4.78 is 35.7. The summed E-state index contributed by atoms with van der Waals surface area (Å²) in [7, 11) is 3.23. The Bertz CT molecular complexity index is 2140. The molecule has 4 N–H and O–H groups in total. The third kappa shape index (κ3) is 10.4. The summed E-state index contributed by atoms with van der Waals surface area (Å²) in [6.45, 7) is 11.0. The van der Waals surface area contributed by atoms with Crippen molar-refractivity contribution in [3.63, 3.8) is 0 Å². The van der Waals surface area contributed by atoms with Crippen molar-refractivity contribution < 1.29 is 33.0 Å². The summed E-state index contributed by atoms with van der Waals surface area (Å²) in [4.78, 5) is 70.4. The number of carbonyl (C=O) groups is 3. The predicted octanol–water partition coefficient (Wildman–Crippen LogP) is 4.58. The van der Waals surface area contributed by atoms with E-state index in [-0.39, 0.29) is 91.2 Å². The Morgan fingerprint density at radius 3 is 2.34 bits per heavy atom. The molecule has 312 valence electrons. The van der Waals surface area contributed by atoms with Crippen molar-refractivity contribution >= 4 is 52.5 Å². The van der Waals surface area contributed by atoms with Crippen LogP contribution in [0, 0.1) is 5.41 Å². The number of hydrogen-bond acceptors (Lipinski definition) is 10. The second kappa shape index (κ2) is 18.6. The molecule has 4 rings (SSSR count). The van der Waals surface area contributed by atoms with Gasteiger partial charge in [0.1, 0.15) is 29.6 Å². The summed E-state index contributed by atoms with van der Waals surface area (Å²) >= 11 is 6.41. The molecule has 1 aromatic heterocycles. The van der Waals surface area contributed by atoms with Crippen LogP contribution >= 0.6 is 11.6 Å². The SMILES string of the molecule is C=CN=C(C(=O)N1CCN(c2c(CC)n(CC(=O)NC3=CCC(C)(C(C)(F)F)C=C3Cl)c(/N=C(\N)c3ccc(OCC(=O)N(C)C)cc3)nc2=O)CC1)C(O)=C(C)C. The Balaban J connectivity index is 1.70. The molecule has 0 saturated carbocycles. The molecule has 1 fully saturated rings. The Morgan fingerprint density at radius 2 is 1.81 bits per heavy atom. The maximum absolute atomic E-state index is 14.4. The highest BCUT2D eigenvalue weighted by molar-refractivity contribution is 6.44. The lowest BCUT2D eigenvalue weighted by Crippen LogP contribution is -2.52. The van der Waals surface area contributed by atoms with Gasteiger partial charge < -0.3 is 40.2 Å². The smallest absolute Gasteiger partial charge is 0.298 e. The highest BCUT2D eigenvalue weighted by Crippen LogP contribution is 2.45. The first kappa shape index (κ1) is 44.9. The van der Waals surface area contributed by atoms with Crippen LogP contribution in [-0.4, -0.2) is 107 Å². The fraction of sp³-hybridized carbons (Fsp3) is 0.425. The van der Waals surface area contributed by atoms with Gasteiger partial charge in [0, 0.05) is 59.0 Å². The lowest BCUT2D eigenvalue weighted by Gasteiger charge is -2.37. The third-order valence-corrected chi connectivity index (χ3v) is 10.1. The normalized spacial score (nSPS) is 17.6. The van der Waals surface area contributed by atoms with Crippen LogP contribution in [0.4, 0.5) is 20.4 Å². The van der Waals surface area contributed by atoms with Crippen LogP contribution in [0.2, 0.25) is 0 Å². The number of amidine groups is 1. The molecular formula is C40H50ClF2N9O6. The monoisotopic (exact) mass is 825 g/mol. The zero-order valence-corrected chi connectivity index (χ0v) is 34.5. The van der Waals surface area contributed by atoms with Gasteiger partial charge in [0.05, 0.1) is 21.8 Å².